The summed E-state index contributed by atoms with van der Waals surface area (Å²) in [5.74, 6) is 1.41. The molecule has 5 aromatic rings. The van der Waals surface area contributed by atoms with Crippen LogP contribution in [0.15, 0.2) is 59.1 Å². The number of nitrogens with zero attached hydrogens (tertiary/aromatic N) is 5. The van der Waals surface area contributed by atoms with Gasteiger partial charge in [0.25, 0.3) is 11.6 Å². The molecule has 36 heavy (non-hydrogen) atoms. The lowest BCUT2D eigenvalue weighted by Crippen LogP contribution is -2.13. The number of anilines is 1. The Labute approximate surface area is 212 Å². The summed E-state index contributed by atoms with van der Waals surface area (Å²) < 4.78 is 7.56. The molecule has 9 heteroatoms. The van der Waals surface area contributed by atoms with Crippen LogP contribution in [-0.2, 0) is 13.0 Å². The number of amides is 1. The zero-order valence-corrected chi connectivity index (χ0v) is 20.4. The van der Waals surface area contributed by atoms with Crippen molar-refractivity contribution in [3.63, 3.8) is 0 Å². The van der Waals surface area contributed by atoms with Crippen LogP contribution in [0.5, 0.6) is 0 Å². The summed E-state index contributed by atoms with van der Waals surface area (Å²) >= 11 is 6.57. The van der Waals surface area contributed by atoms with E-state index in [9.17, 15) is 4.79 Å². The highest BCUT2D eigenvalue weighted by Crippen LogP contribution is 2.32. The number of aryl methyl sites for hydroxylation is 2. The van der Waals surface area contributed by atoms with Gasteiger partial charge in [-0.1, -0.05) is 53.5 Å². The van der Waals surface area contributed by atoms with Crippen molar-refractivity contribution < 1.29 is 9.32 Å². The average Bonchev–Trinajstić information content (AvgIpc) is 3.39. The molecule has 0 saturated heterocycles. The quantitative estimate of drug-likeness (QED) is 0.322. The number of nitrogens with one attached hydrogen (secondary N) is 1. The number of pyridine rings is 1. The standard InChI is InChI=1S/C27H23ClN6O2/c1-16-24-20(15-22(30-27(24)36-33-16)17-8-4-2-5-9-17)26(35)29-18-11-12-21(28)19(14-18)25-32-31-23-10-6-3-7-13-34(23)25/h2,4-5,8-9,11-12,14-15H,3,6-7,10,13H2,1H3,(H,29,35). The van der Waals surface area contributed by atoms with Crippen LogP contribution >= 0.6 is 11.6 Å². The Kier molecular flexibility index (Phi) is 5.73. The fraction of sp³-hybridized carbons (Fsp3) is 0.222. The van der Waals surface area contributed by atoms with Crippen LogP contribution < -0.4 is 5.32 Å². The van der Waals surface area contributed by atoms with E-state index in [0.717, 1.165) is 48.6 Å². The van der Waals surface area contributed by atoms with Crippen LogP contribution in [0.1, 0.15) is 41.1 Å². The number of carbonyl (C=O) groups excluding carboxylic acids is 1. The van der Waals surface area contributed by atoms with Gasteiger partial charge in [0, 0.05) is 29.8 Å². The number of benzene rings is 2. The molecule has 2 aromatic carbocycles. The van der Waals surface area contributed by atoms with Crippen molar-refractivity contribution in [2.45, 2.75) is 39.2 Å². The van der Waals surface area contributed by atoms with E-state index in [-0.39, 0.29) is 5.91 Å². The Morgan fingerprint density at radius 3 is 2.78 bits per heavy atom. The molecule has 1 aliphatic rings. The predicted octanol–water partition coefficient (Wildman–Crippen LogP) is 6.09. The van der Waals surface area contributed by atoms with Gasteiger partial charge < -0.3 is 14.4 Å². The first-order valence-corrected chi connectivity index (χ1v) is 12.3. The fourth-order valence-electron chi connectivity index (χ4n) is 4.69. The summed E-state index contributed by atoms with van der Waals surface area (Å²) in [7, 11) is 0. The zero-order chi connectivity index (χ0) is 24.6. The molecule has 0 aliphatic carbocycles. The Hall–Kier alpha value is -4.04. The molecule has 0 bridgehead atoms. The minimum Gasteiger partial charge on any atom is -0.335 e. The van der Waals surface area contributed by atoms with Crippen molar-refractivity contribution in [3.8, 4) is 22.6 Å². The highest BCUT2D eigenvalue weighted by molar-refractivity contribution is 6.33. The van der Waals surface area contributed by atoms with Crippen LogP contribution in [0, 0.1) is 6.92 Å². The summed E-state index contributed by atoms with van der Waals surface area (Å²) in [5, 5.41) is 17.0. The smallest absolute Gasteiger partial charge is 0.259 e. The van der Waals surface area contributed by atoms with Gasteiger partial charge in [-0.25, -0.2) is 4.98 Å². The number of rotatable bonds is 4. The zero-order valence-electron chi connectivity index (χ0n) is 19.7. The van der Waals surface area contributed by atoms with Crippen LogP contribution in [0.4, 0.5) is 5.69 Å². The molecule has 0 atom stereocenters. The minimum absolute atomic E-state index is 0.292. The predicted molar refractivity (Wildman–Crippen MR) is 138 cm³/mol. The molecule has 1 amide bonds. The van der Waals surface area contributed by atoms with Gasteiger partial charge in [-0.15, -0.1) is 10.2 Å². The molecule has 0 radical (unpaired) electrons. The largest absolute Gasteiger partial charge is 0.335 e. The maximum absolute atomic E-state index is 13.5. The number of carbonyl (C=O) groups is 1. The Bertz CT molecular complexity index is 1590. The van der Waals surface area contributed by atoms with Gasteiger partial charge in [-0.3, -0.25) is 4.79 Å². The average molecular weight is 499 g/mol. The molecule has 0 spiro atoms. The molecule has 0 fully saturated rings. The molecule has 180 valence electrons. The summed E-state index contributed by atoms with van der Waals surface area (Å²) in [6, 6.07) is 16.8. The normalized spacial score (nSPS) is 13.4. The summed E-state index contributed by atoms with van der Waals surface area (Å²) in [6.07, 6.45) is 4.25. The van der Waals surface area contributed by atoms with Gasteiger partial charge in [0.1, 0.15) is 5.82 Å². The highest BCUT2D eigenvalue weighted by Gasteiger charge is 2.21. The molecular weight excluding hydrogens is 476 g/mol. The van der Waals surface area contributed by atoms with E-state index in [1.807, 2.05) is 36.4 Å². The maximum atomic E-state index is 13.5. The number of hydrogen-bond acceptors (Lipinski definition) is 6. The second-order valence-corrected chi connectivity index (χ2v) is 9.33. The third-order valence-corrected chi connectivity index (χ3v) is 6.84. The van der Waals surface area contributed by atoms with Gasteiger partial charge in [-0.05, 0) is 44.0 Å². The maximum Gasteiger partial charge on any atom is 0.259 e. The summed E-state index contributed by atoms with van der Waals surface area (Å²) in [4.78, 5) is 18.1. The summed E-state index contributed by atoms with van der Waals surface area (Å²) in [6.45, 7) is 2.65. The van der Waals surface area contributed by atoms with E-state index in [2.05, 4.69) is 30.2 Å². The van der Waals surface area contributed by atoms with E-state index in [4.69, 9.17) is 16.1 Å². The first kappa shape index (κ1) is 22.4. The van der Waals surface area contributed by atoms with E-state index in [0.29, 0.717) is 38.8 Å². The lowest BCUT2D eigenvalue weighted by atomic mass is 10.0. The second kappa shape index (κ2) is 9.20. The topological polar surface area (TPSA) is 98.7 Å². The second-order valence-electron chi connectivity index (χ2n) is 8.92. The molecule has 8 nitrogen and oxygen atoms in total. The monoisotopic (exact) mass is 498 g/mol. The third-order valence-electron chi connectivity index (χ3n) is 6.51. The van der Waals surface area contributed by atoms with Gasteiger partial charge in [0.05, 0.1) is 27.4 Å². The van der Waals surface area contributed by atoms with Gasteiger partial charge in [0.15, 0.2) is 5.82 Å². The van der Waals surface area contributed by atoms with Crippen molar-refractivity contribution >= 4 is 34.3 Å². The van der Waals surface area contributed by atoms with Crippen LogP contribution in [0.25, 0.3) is 33.7 Å². The highest BCUT2D eigenvalue weighted by atomic mass is 35.5. The van der Waals surface area contributed by atoms with Crippen molar-refractivity contribution in [1.82, 2.24) is 24.9 Å². The van der Waals surface area contributed by atoms with E-state index in [1.165, 1.54) is 6.42 Å². The molecule has 0 saturated carbocycles. The lowest BCUT2D eigenvalue weighted by Gasteiger charge is -2.12. The molecular formula is C27H23ClN6O2. The molecule has 1 N–H and O–H groups in total. The summed E-state index contributed by atoms with van der Waals surface area (Å²) in [5.41, 5.74) is 4.21. The number of halogens is 1. The SMILES string of the molecule is Cc1noc2nc(-c3ccccc3)cc(C(=O)Nc3ccc(Cl)c(-c4nnc5n4CCCCC5)c3)c12. The lowest BCUT2D eigenvalue weighted by molar-refractivity contribution is 0.102. The fourth-order valence-corrected chi connectivity index (χ4v) is 4.89. The van der Waals surface area contributed by atoms with Crippen molar-refractivity contribution in [2.24, 2.45) is 0 Å². The van der Waals surface area contributed by atoms with Gasteiger partial charge >= 0.3 is 0 Å². The van der Waals surface area contributed by atoms with Crippen LogP contribution in [0.3, 0.4) is 0 Å². The Balaban J connectivity index is 1.37. The molecule has 3 aromatic heterocycles. The third kappa shape index (κ3) is 4.03. The molecule has 6 rings (SSSR count). The Morgan fingerprint density at radius 2 is 1.92 bits per heavy atom. The van der Waals surface area contributed by atoms with Crippen molar-refractivity contribution in [3.05, 3.63) is 76.7 Å². The Morgan fingerprint density at radius 1 is 1.06 bits per heavy atom. The number of fused-ring (bicyclic) bond motifs is 2. The molecule has 1 aliphatic heterocycles. The van der Waals surface area contributed by atoms with E-state index in [1.54, 1.807) is 25.1 Å². The van der Waals surface area contributed by atoms with E-state index < -0.39 is 0 Å². The minimum atomic E-state index is -0.292. The molecule has 4 heterocycles. The van der Waals surface area contributed by atoms with E-state index >= 15 is 0 Å². The van der Waals surface area contributed by atoms with Gasteiger partial charge in [0.2, 0.25) is 0 Å². The van der Waals surface area contributed by atoms with Gasteiger partial charge in [-0.2, -0.15) is 0 Å². The van der Waals surface area contributed by atoms with Crippen molar-refractivity contribution in [1.29, 1.82) is 0 Å². The first-order valence-electron chi connectivity index (χ1n) is 11.9. The van der Waals surface area contributed by atoms with Crippen LogP contribution in [0.2, 0.25) is 5.02 Å². The molecule has 0 unspecified atom stereocenters. The number of aromatic nitrogens is 5. The first-order chi connectivity index (χ1) is 17.6. The van der Waals surface area contributed by atoms with Crippen molar-refractivity contribution in [2.75, 3.05) is 5.32 Å². The van der Waals surface area contributed by atoms with Crippen LogP contribution in [-0.4, -0.2) is 30.8 Å². The number of hydrogen-bond donors (Lipinski definition) is 1.